The lowest BCUT2D eigenvalue weighted by molar-refractivity contribution is -0.137. The summed E-state index contributed by atoms with van der Waals surface area (Å²) in [6, 6.07) is 0. The van der Waals surface area contributed by atoms with Crippen molar-refractivity contribution in [1.82, 2.24) is 0 Å². The van der Waals surface area contributed by atoms with Crippen LogP contribution in [-0.2, 0) is 4.79 Å². The highest BCUT2D eigenvalue weighted by Gasteiger charge is 2.35. The summed E-state index contributed by atoms with van der Waals surface area (Å²) in [6.45, 7) is 2.27. The molecule has 0 aliphatic carbocycles. The van der Waals surface area contributed by atoms with Crippen LogP contribution in [0.4, 0.5) is 0 Å². The fourth-order valence-electron chi connectivity index (χ4n) is 2.65. The molecule has 0 aromatic rings. The monoisotopic (exact) mass is 312 g/mol. The number of thioether (sulfide) groups is 1. The topological polar surface area (TPSA) is 37.3 Å². The molecule has 2 unspecified atom stereocenters. The number of carboxylic acids is 1. The molecule has 0 saturated carbocycles. The SMILES string of the molecule is CCCCCC1SC1C/C=C/CCCCCCCC(=O)O. The van der Waals surface area contributed by atoms with Gasteiger partial charge >= 0.3 is 5.97 Å². The fourth-order valence-corrected chi connectivity index (χ4v) is 3.78. The molecule has 1 saturated heterocycles. The van der Waals surface area contributed by atoms with Crippen LogP contribution in [0.25, 0.3) is 0 Å². The molecule has 1 rings (SSSR count). The maximum atomic E-state index is 10.4. The largest absolute Gasteiger partial charge is 0.481 e. The molecule has 1 fully saturated rings. The predicted molar refractivity (Wildman–Crippen MR) is 93.0 cm³/mol. The first-order valence-corrected chi connectivity index (χ1v) is 9.70. The van der Waals surface area contributed by atoms with Crippen LogP contribution in [0.2, 0.25) is 0 Å². The quantitative estimate of drug-likeness (QED) is 0.250. The maximum Gasteiger partial charge on any atom is 0.303 e. The van der Waals surface area contributed by atoms with Gasteiger partial charge in [-0.1, -0.05) is 57.6 Å². The van der Waals surface area contributed by atoms with Crippen LogP contribution >= 0.6 is 11.8 Å². The molecule has 1 aliphatic heterocycles. The Balaban J connectivity index is 1.81. The maximum absolute atomic E-state index is 10.4. The molecule has 21 heavy (non-hydrogen) atoms. The van der Waals surface area contributed by atoms with Crippen LogP contribution in [0.15, 0.2) is 12.2 Å². The molecule has 0 aromatic carbocycles. The second-order valence-electron chi connectivity index (χ2n) is 6.12. The van der Waals surface area contributed by atoms with Gasteiger partial charge in [0.15, 0.2) is 0 Å². The Labute approximate surface area is 134 Å². The summed E-state index contributed by atoms with van der Waals surface area (Å²) in [7, 11) is 0. The number of unbranched alkanes of at least 4 members (excludes halogenated alkanes) is 7. The van der Waals surface area contributed by atoms with Gasteiger partial charge in [-0.3, -0.25) is 4.79 Å². The van der Waals surface area contributed by atoms with Gasteiger partial charge in [0.1, 0.15) is 0 Å². The third-order valence-corrected chi connectivity index (χ3v) is 5.55. The average Bonchev–Trinajstić information content (AvgIpc) is 3.19. The first-order chi connectivity index (χ1) is 10.2. The van der Waals surface area contributed by atoms with Crippen molar-refractivity contribution < 1.29 is 9.90 Å². The molecule has 3 heteroatoms. The van der Waals surface area contributed by atoms with Crippen molar-refractivity contribution >= 4 is 17.7 Å². The van der Waals surface area contributed by atoms with Gasteiger partial charge in [-0.15, -0.1) is 0 Å². The van der Waals surface area contributed by atoms with E-state index in [0.29, 0.717) is 6.42 Å². The first kappa shape index (κ1) is 18.6. The molecule has 1 aliphatic rings. The summed E-state index contributed by atoms with van der Waals surface area (Å²) in [6.07, 6.45) is 18.6. The van der Waals surface area contributed by atoms with E-state index < -0.39 is 5.97 Å². The van der Waals surface area contributed by atoms with E-state index in [1.807, 2.05) is 0 Å². The summed E-state index contributed by atoms with van der Waals surface area (Å²) < 4.78 is 0. The van der Waals surface area contributed by atoms with E-state index in [0.717, 1.165) is 23.3 Å². The van der Waals surface area contributed by atoms with Crippen LogP contribution < -0.4 is 0 Å². The van der Waals surface area contributed by atoms with Gasteiger partial charge in [0, 0.05) is 16.9 Å². The summed E-state index contributed by atoms with van der Waals surface area (Å²) in [4.78, 5) is 10.4. The minimum atomic E-state index is -0.663. The van der Waals surface area contributed by atoms with E-state index in [-0.39, 0.29) is 0 Å². The summed E-state index contributed by atoms with van der Waals surface area (Å²) >= 11 is 2.17. The van der Waals surface area contributed by atoms with Gasteiger partial charge in [-0.25, -0.2) is 0 Å². The highest BCUT2D eigenvalue weighted by atomic mass is 32.2. The molecule has 0 radical (unpaired) electrons. The summed E-state index contributed by atoms with van der Waals surface area (Å²) in [5.41, 5.74) is 0. The summed E-state index contributed by atoms with van der Waals surface area (Å²) in [5.74, 6) is -0.663. The van der Waals surface area contributed by atoms with Gasteiger partial charge in [0.25, 0.3) is 0 Å². The van der Waals surface area contributed by atoms with Crippen molar-refractivity contribution in [3.8, 4) is 0 Å². The minimum absolute atomic E-state index is 0.332. The van der Waals surface area contributed by atoms with Crippen molar-refractivity contribution in [3.63, 3.8) is 0 Å². The fraction of sp³-hybridized carbons (Fsp3) is 0.833. The number of carboxylic acid groups (broad SMARTS) is 1. The van der Waals surface area contributed by atoms with Crippen LogP contribution in [0.5, 0.6) is 0 Å². The molecule has 0 amide bonds. The van der Waals surface area contributed by atoms with E-state index in [1.165, 1.54) is 57.8 Å². The van der Waals surface area contributed by atoms with Crippen molar-refractivity contribution in [1.29, 1.82) is 0 Å². The van der Waals surface area contributed by atoms with E-state index in [9.17, 15) is 4.79 Å². The average molecular weight is 313 g/mol. The third-order valence-electron chi connectivity index (χ3n) is 4.08. The van der Waals surface area contributed by atoms with Crippen LogP contribution in [0, 0.1) is 0 Å². The Hall–Kier alpha value is -0.440. The standard InChI is InChI=1S/C18H32O2S/c1-2-3-10-13-16-17(21-16)14-11-8-6-4-5-7-9-12-15-18(19)20/h8,11,16-17H,2-7,9-10,12-15H2,1H3,(H,19,20)/b11-8+. The van der Waals surface area contributed by atoms with Gasteiger partial charge in [-0.2, -0.15) is 11.8 Å². The number of hydrogen-bond acceptors (Lipinski definition) is 2. The molecular formula is C18H32O2S. The van der Waals surface area contributed by atoms with E-state index >= 15 is 0 Å². The molecule has 2 nitrogen and oxygen atoms in total. The van der Waals surface area contributed by atoms with E-state index in [2.05, 4.69) is 30.8 Å². The second-order valence-corrected chi connectivity index (χ2v) is 7.60. The normalized spacial score (nSPS) is 21.0. The molecule has 122 valence electrons. The van der Waals surface area contributed by atoms with Gasteiger partial charge in [-0.05, 0) is 32.1 Å². The van der Waals surface area contributed by atoms with Crippen molar-refractivity contribution in [2.24, 2.45) is 0 Å². The molecular weight excluding hydrogens is 280 g/mol. The van der Waals surface area contributed by atoms with Crippen LogP contribution in [0.3, 0.4) is 0 Å². The highest BCUT2D eigenvalue weighted by molar-refractivity contribution is 8.07. The van der Waals surface area contributed by atoms with Crippen molar-refractivity contribution in [3.05, 3.63) is 12.2 Å². The van der Waals surface area contributed by atoms with Crippen molar-refractivity contribution in [2.75, 3.05) is 0 Å². The molecule has 1 heterocycles. The van der Waals surface area contributed by atoms with E-state index in [4.69, 9.17) is 5.11 Å². The smallest absolute Gasteiger partial charge is 0.303 e. The molecule has 0 aromatic heterocycles. The zero-order chi connectivity index (χ0) is 15.3. The molecule has 0 spiro atoms. The Bertz CT molecular complexity index is 302. The third kappa shape index (κ3) is 10.9. The lowest BCUT2D eigenvalue weighted by atomic mass is 10.1. The predicted octanol–water partition coefficient (Wildman–Crippen LogP) is 5.81. The molecule has 2 atom stereocenters. The molecule has 1 N–H and O–H groups in total. The lowest BCUT2D eigenvalue weighted by Gasteiger charge is -1.98. The second kappa shape index (κ2) is 12.1. The zero-order valence-corrected chi connectivity index (χ0v) is 14.4. The number of aliphatic carboxylic acids is 1. The number of hydrogen-bond donors (Lipinski definition) is 1. The number of allylic oxidation sites excluding steroid dienone is 2. The summed E-state index contributed by atoms with van der Waals surface area (Å²) in [5, 5.41) is 10.4. The minimum Gasteiger partial charge on any atom is -0.481 e. The van der Waals surface area contributed by atoms with Gasteiger partial charge in [0.2, 0.25) is 0 Å². The van der Waals surface area contributed by atoms with Crippen LogP contribution in [0.1, 0.15) is 84.0 Å². The van der Waals surface area contributed by atoms with Crippen LogP contribution in [-0.4, -0.2) is 21.6 Å². The Morgan fingerprint density at radius 3 is 2.52 bits per heavy atom. The lowest BCUT2D eigenvalue weighted by Crippen LogP contribution is -1.93. The van der Waals surface area contributed by atoms with Gasteiger partial charge in [0.05, 0.1) is 0 Å². The van der Waals surface area contributed by atoms with Crippen molar-refractivity contribution in [2.45, 2.75) is 94.5 Å². The van der Waals surface area contributed by atoms with Gasteiger partial charge < -0.3 is 5.11 Å². The first-order valence-electron chi connectivity index (χ1n) is 8.76. The Kier molecular flexibility index (Phi) is 10.8. The Morgan fingerprint density at radius 2 is 1.76 bits per heavy atom. The van der Waals surface area contributed by atoms with E-state index in [1.54, 1.807) is 0 Å². The highest BCUT2D eigenvalue weighted by Crippen LogP contribution is 2.46. The number of carbonyl (C=O) groups is 1. The molecule has 0 bridgehead atoms. The Morgan fingerprint density at radius 1 is 1.00 bits per heavy atom. The zero-order valence-electron chi connectivity index (χ0n) is 13.6. The number of rotatable bonds is 14.